The smallest absolute Gasteiger partial charge is 0.174 e. The number of phenols is 1. The van der Waals surface area contributed by atoms with Gasteiger partial charge in [0.2, 0.25) is 0 Å². The van der Waals surface area contributed by atoms with E-state index in [-0.39, 0.29) is 29.3 Å². The van der Waals surface area contributed by atoms with Gasteiger partial charge in [-0.15, -0.1) is 0 Å². The van der Waals surface area contributed by atoms with Gasteiger partial charge >= 0.3 is 0 Å². The molecular weight excluding hydrogens is 296 g/mol. The molecule has 0 heterocycles. The fraction of sp³-hybridized carbons (Fsp3) is 0.429. The zero-order valence-corrected chi connectivity index (χ0v) is 12.6. The zero-order valence-electron chi connectivity index (χ0n) is 11.0. The predicted octanol–water partition coefficient (Wildman–Crippen LogP) is 3.65. The molecule has 0 amide bonds. The third kappa shape index (κ3) is 3.42. The summed E-state index contributed by atoms with van der Waals surface area (Å²) in [6.45, 7) is 7.14. The number of rotatable bonds is 3. The third-order valence-electron chi connectivity index (χ3n) is 2.67. The van der Waals surface area contributed by atoms with Crippen LogP contribution in [-0.4, -0.2) is 16.7 Å². The van der Waals surface area contributed by atoms with Crippen molar-refractivity contribution in [2.45, 2.75) is 34.1 Å². The van der Waals surface area contributed by atoms with E-state index in [9.17, 15) is 14.7 Å². The van der Waals surface area contributed by atoms with Gasteiger partial charge in [-0.05, 0) is 40.5 Å². The molecule has 0 aromatic heterocycles. The Bertz CT molecular complexity index is 498. The van der Waals surface area contributed by atoms with Crippen LogP contribution in [0.1, 0.15) is 43.1 Å². The van der Waals surface area contributed by atoms with Crippen LogP contribution < -0.4 is 0 Å². The van der Waals surface area contributed by atoms with Gasteiger partial charge in [0.15, 0.2) is 5.78 Å². The average Bonchev–Trinajstić information content (AvgIpc) is 2.21. The Labute approximate surface area is 115 Å². The van der Waals surface area contributed by atoms with Crippen LogP contribution in [0.25, 0.3) is 0 Å². The van der Waals surface area contributed by atoms with E-state index in [1.807, 2.05) is 6.92 Å². The maximum absolute atomic E-state index is 12.0. The summed E-state index contributed by atoms with van der Waals surface area (Å²) >= 11 is 3.18. The molecule has 98 valence electrons. The van der Waals surface area contributed by atoms with Gasteiger partial charge in [0, 0.05) is 5.41 Å². The zero-order chi connectivity index (χ0) is 14.1. The molecule has 18 heavy (non-hydrogen) atoms. The number of ketones is 2. The number of aryl methyl sites for hydroxylation is 1. The van der Waals surface area contributed by atoms with E-state index in [1.165, 1.54) is 0 Å². The second-order valence-corrected chi connectivity index (χ2v) is 6.27. The molecule has 1 rings (SSSR count). The summed E-state index contributed by atoms with van der Waals surface area (Å²) in [5.41, 5.74) is 0.498. The highest BCUT2D eigenvalue weighted by Gasteiger charge is 2.25. The van der Waals surface area contributed by atoms with Crippen molar-refractivity contribution in [2.75, 3.05) is 0 Å². The number of benzene rings is 1. The van der Waals surface area contributed by atoms with Crippen LogP contribution in [0.15, 0.2) is 16.6 Å². The molecule has 1 aromatic carbocycles. The molecule has 0 saturated carbocycles. The number of carbonyl (C=O) groups is 2. The summed E-state index contributed by atoms with van der Waals surface area (Å²) in [7, 11) is 0. The SMILES string of the molecule is Cc1cc(Br)c(O)c(C(=O)CC(=O)C(C)(C)C)c1. The van der Waals surface area contributed by atoms with Crippen LogP contribution in [0, 0.1) is 12.3 Å². The highest BCUT2D eigenvalue weighted by atomic mass is 79.9. The van der Waals surface area contributed by atoms with Crippen molar-refractivity contribution in [3.8, 4) is 5.75 Å². The molecule has 1 aromatic rings. The van der Waals surface area contributed by atoms with Crippen molar-refractivity contribution in [1.82, 2.24) is 0 Å². The molecule has 0 saturated heterocycles. The highest BCUT2D eigenvalue weighted by Crippen LogP contribution is 2.31. The number of aromatic hydroxyl groups is 1. The number of carbonyl (C=O) groups excluding carboxylic acids is 2. The number of halogens is 1. The van der Waals surface area contributed by atoms with Gasteiger partial charge < -0.3 is 5.11 Å². The van der Waals surface area contributed by atoms with E-state index in [0.717, 1.165) is 5.56 Å². The maximum atomic E-state index is 12.0. The minimum atomic E-state index is -0.549. The number of Topliss-reactive ketones (excluding diaryl/α,β-unsaturated/α-hetero) is 2. The number of hydrogen-bond acceptors (Lipinski definition) is 3. The Morgan fingerprint density at radius 3 is 2.33 bits per heavy atom. The lowest BCUT2D eigenvalue weighted by molar-refractivity contribution is -0.125. The van der Waals surface area contributed by atoms with E-state index >= 15 is 0 Å². The molecule has 0 spiro atoms. The Balaban J connectivity index is 3.03. The largest absolute Gasteiger partial charge is 0.506 e. The number of phenolic OH excluding ortho intramolecular Hbond substituents is 1. The average molecular weight is 313 g/mol. The molecule has 3 nitrogen and oxygen atoms in total. The number of hydrogen-bond donors (Lipinski definition) is 1. The fourth-order valence-electron chi connectivity index (χ4n) is 1.45. The monoisotopic (exact) mass is 312 g/mol. The van der Waals surface area contributed by atoms with Gasteiger partial charge in [0.25, 0.3) is 0 Å². The maximum Gasteiger partial charge on any atom is 0.174 e. The molecule has 0 bridgehead atoms. The van der Waals surface area contributed by atoms with Crippen molar-refractivity contribution in [3.63, 3.8) is 0 Å². The predicted molar refractivity (Wildman–Crippen MR) is 74.0 cm³/mol. The van der Waals surface area contributed by atoms with E-state index in [2.05, 4.69) is 15.9 Å². The Kier molecular flexibility index (Phi) is 4.32. The topological polar surface area (TPSA) is 54.4 Å². The first-order valence-corrected chi connectivity index (χ1v) is 6.48. The Hall–Kier alpha value is -1.16. The first kappa shape index (κ1) is 14.9. The molecule has 0 aliphatic heterocycles. The lowest BCUT2D eigenvalue weighted by atomic mass is 9.87. The summed E-state index contributed by atoms with van der Waals surface area (Å²) < 4.78 is 0.467. The van der Waals surface area contributed by atoms with Crippen molar-refractivity contribution in [3.05, 3.63) is 27.7 Å². The quantitative estimate of drug-likeness (QED) is 0.684. The first-order chi connectivity index (χ1) is 8.12. The second kappa shape index (κ2) is 5.22. The van der Waals surface area contributed by atoms with Crippen molar-refractivity contribution >= 4 is 27.5 Å². The van der Waals surface area contributed by atoms with Crippen molar-refractivity contribution in [1.29, 1.82) is 0 Å². The van der Waals surface area contributed by atoms with Crippen LogP contribution in [0.2, 0.25) is 0 Å². The van der Waals surface area contributed by atoms with Gasteiger partial charge in [-0.25, -0.2) is 0 Å². The molecule has 4 heteroatoms. The minimum absolute atomic E-state index is 0.104. The van der Waals surface area contributed by atoms with Crippen molar-refractivity contribution in [2.24, 2.45) is 5.41 Å². The minimum Gasteiger partial charge on any atom is -0.506 e. The molecule has 0 aliphatic carbocycles. The van der Waals surface area contributed by atoms with Crippen LogP contribution in [0.5, 0.6) is 5.75 Å². The van der Waals surface area contributed by atoms with Crippen LogP contribution >= 0.6 is 15.9 Å². The molecule has 0 radical (unpaired) electrons. The lowest BCUT2D eigenvalue weighted by Gasteiger charge is -2.16. The van der Waals surface area contributed by atoms with Gasteiger partial charge in [0.1, 0.15) is 11.5 Å². The highest BCUT2D eigenvalue weighted by molar-refractivity contribution is 9.10. The van der Waals surface area contributed by atoms with E-state index in [4.69, 9.17) is 0 Å². The normalized spacial score (nSPS) is 11.4. The van der Waals surface area contributed by atoms with Gasteiger partial charge in [-0.3, -0.25) is 9.59 Å². The standard InChI is InChI=1S/C14H17BrO3/c1-8-5-9(13(18)10(15)6-8)11(16)7-12(17)14(2,3)4/h5-6,18H,7H2,1-4H3. The van der Waals surface area contributed by atoms with E-state index in [0.29, 0.717) is 4.47 Å². The van der Waals surface area contributed by atoms with Crippen LogP contribution in [0.4, 0.5) is 0 Å². The summed E-state index contributed by atoms with van der Waals surface area (Å²) in [6.07, 6.45) is -0.188. The third-order valence-corrected chi connectivity index (χ3v) is 3.27. The summed E-state index contributed by atoms with van der Waals surface area (Å²) in [4.78, 5) is 23.8. The summed E-state index contributed by atoms with van der Waals surface area (Å²) in [5.74, 6) is -0.589. The van der Waals surface area contributed by atoms with Crippen LogP contribution in [0.3, 0.4) is 0 Å². The molecule has 0 fully saturated rings. The van der Waals surface area contributed by atoms with Crippen molar-refractivity contribution < 1.29 is 14.7 Å². The van der Waals surface area contributed by atoms with Gasteiger partial charge in [-0.1, -0.05) is 20.8 Å². The van der Waals surface area contributed by atoms with Crippen LogP contribution in [-0.2, 0) is 4.79 Å². The van der Waals surface area contributed by atoms with Gasteiger partial charge in [0.05, 0.1) is 16.5 Å². The molecule has 0 unspecified atom stereocenters. The van der Waals surface area contributed by atoms with E-state index < -0.39 is 5.41 Å². The van der Waals surface area contributed by atoms with E-state index in [1.54, 1.807) is 32.9 Å². The molecule has 0 aliphatic rings. The lowest BCUT2D eigenvalue weighted by Crippen LogP contribution is -2.23. The molecule has 0 atom stereocenters. The van der Waals surface area contributed by atoms with Gasteiger partial charge in [-0.2, -0.15) is 0 Å². The molecular formula is C14H17BrO3. The fourth-order valence-corrected chi connectivity index (χ4v) is 2.03. The Morgan fingerprint density at radius 2 is 1.83 bits per heavy atom. The summed E-state index contributed by atoms with van der Waals surface area (Å²) in [5, 5.41) is 9.83. The Morgan fingerprint density at radius 1 is 1.28 bits per heavy atom. The summed E-state index contributed by atoms with van der Waals surface area (Å²) in [6, 6.07) is 3.32. The first-order valence-electron chi connectivity index (χ1n) is 5.68. The second-order valence-electron chi connectivity index (χ2n) is 5.42. The molecule has 1 N–H and O–H groups in total.